The lowest BCUT2D eigenvalue weighted by Crippen LogP contribution is -2.44. The van der Waals surface area contributed by atoms with Crippen LogP contribution >= 0.6 is 0 Å². The number of rotatable bonds is 6. The van der Waals surface area contributed by atoms with Gasteiger partial charge in [-0.25, -0.2) is 17.3 Å². The third kappa shape index (κ3) is 5.43. The molecule has 1 aliphatic heterocycles. The zero-order valence-electron chi connectivity index (χ0n) is 14.9. The number of hydrogen-bond donors (Lipinski definition) is 1. The molecular weight excluding hydrogens is 370 g/mol. The van der Waals surface area contributed by atoms with Crippen LogP contribution < -0.4 is 5.32 Å². The largest absolute Gasteiger partial charge is 0.355 e. The zero-order chi connectivity index (χ0) is 19.2. The van der Waals surface area contributed by atoms with Crippen molar-refractivity contribution in [3.8, 4) is 0 Å². The van der Waals surface area contributed by atoms with Crippen LogP contribution in [0.4, 0.5) is 8.78 Å². The Bertz CT molecular complexity index is 797. The summed E-state index contributed by atoms with van der Waals surface area (Å²) in [4.78, 5) is 13.0. The molecule has 0 saturated carbocycles. The lowest BCUT2D eigenvalue weighted by molar-refractivity contribution is -0.126. The molecule has 144 valence electrons. The van der Waals surface area contributed by atoms with Crippen LogP contribution in [0.2, 0.25) is 0 Å². The molecule has 1 saturated heterocycles. The number of piperidine rings is 1. The second-order valence-corrected chi connectivity index (χ2v) is 8.08. The van der Waals surface area contributed by atoms with E-state index < -0.39 is 11.0 Å². The standard InChI is InChI=1S/C20H22F2N2O2S/c21-17-5-3-15(4-6-17)11-12-23-20(25)16-2-1-13-24(14-16)27(26)19-9-7-18(22)8-10-19/h3-10,16H,1-2,11-14H2,(H,23,25). The maximum Gasteiger partial charge on any atom is 0.224 e. The molecule has 1 fully saturated rings. The summed E-state index contributed by atoms with van der Waals surface area (Å²) in [5.41, 5.74) is 0.958. The van der Waals surface area contributed by atoms with Crippen molar-refractivity contribution >= 4 is 16.9 Å². The van der Waals surface area contributed by atoms with Crippen molar-refractivity contribution in [1.29, 1.82) is 0 Å². The SMILES string of the molecule is O=C(NCCc1ccc(F)cc1)C1CCCN(S(=O)c2ccc(F)cc2)C1. The number of nitrogens with one attached hydrogen (secondary N) is 1. The second-order valence-electron chi connectivity index (χ2n) is 6.60. The van der Waals surface area contributed by atoms with Crippen LogP contribution in [0, 0.1) is 17.6 Å². The summed E-state index contributed by atoms with van der Waals surface area (Å²) >= 11 is 0. The third-order valence-electron chi connectivity index (χ3n) is 4.63. The molecule has 0 aliphatic carbocycles. The Labute approximate surface area is 160 Å². The number of halogens is 2. The average Bonchev–Trinajstić information content (AvgIpc) is 2.69. The maximum atomic E-state index is 13.0. The van der Waals surface area contributed by atoms with E-state index in [4.69, 9.17) is 0 Å². The summed E-state index contributed by atoms with van der Waals surface area (Å²) < 4.78 is 40.4. The molecule has 1 heterocycles. The Hall–Kier alpha value is -2.12. The number of carbonyl (C=O) groups excluding carboxylic acids is 1. The van der Waals surface area contributed by atoms with E-state index in [2.05, 4.69) is 5.32 Å². The summed E-state index contributed by atoms with van der Waals surface area (Å²) in [5, 5.41) is 2.91. The predicted molar refractivity (Wildman–Crippen MR) is 100 cm³/mol. The number of hydrogen-bond acceptors (Lipinski definition) is 2. The first kappa shape index (κ1) is 19.6. The second kappa shape index (κ2) is 9.19. The minimum atomic E-state index is -1.40. The van der Waals surface area contributed by atoms with E-state index >= 15 is 0 Å². The van der Waals surface area contributed by atoms with Crippen molar-refractivity contribution in [3.63, 3.8) is 0 Å². The monoisotopic (exact) mass is 392 g/mol. The van der Waals surface area contributed by atoms with E-state index in [1.807, 2.05) is 0 Å². The summed E-state index contributed by atoms with van der Waals surface area (Å²) in [7, 11) is -1.40. The first-order valence-electron chi connectivity index (χ1n) is 8.97. The molecule has 2 atom stereocenters. The Morgan fingerprint density at radius 3 is 2.37 bits per heavy atom. The molecule has 0 spiro atoms. The summed E-state index contributed by atoms with van der Waals surface area (Å²) in [6.45, 7) is 1.53. The average molecular weight is 392 g/mol. The minimum absolute atomic E-state index is 0.0575. The highest BCUT2D eigenvalue weighted by molar-refractivity contribution is 7.82. The van der Waals surface area contributed by atoms with Gasteiger partial charge in [0.05, 0.1) is 10.8 Å². The first-order chi connectivity index (χ1) is 13.0. The van der Waals surface area contributed by atoms with Gasteiger partial charge in [-0.1, -0.05) is 12.1 Å². The van der Waals surface area contributed by atoms with E-state index in [9.17, 15) is 17.8 Å². The van der Waals surface area contributed by atoms with Crippen LogP contribution in [0.5, 0.6) is 0 Å². The van der Waals surface area contributed by atoms with Gasteiger partial charge in [-0.15, -0.1) is 0 Å². The van der Waals surface area contributed by atoms with E-state index in [0.717, 1.165) is 18.4 Å². The van der Waals surface area contributed by atoms with Crippen LogP contribution in [-0.4, -0.2) is 34.1 Å². The summed E-state index contributed by atoms with van der Waals surface area (Å²) in [6.07, 6.45) is 2.16. The van der Waals surface area contributed by atoms with E-state index in [1.54, 1.807) is 16.4 Å². The smallest absolute Gasteiger partial charge is 0.224 e. The van der Waals surface area contributed by atoms with E-state index in [1.165, 1.54) is 36.4 Å². The fourth-order valence-corrected chi connectivity index (χ4v) is 4.41. The van der Waals surface area contributed by atoms with Crippen molar-refractivity contribution in [2.45, 2.75) is 24.2 Å². The van der Waals surface area contributed by atoms with Gasteiger partial charge in [-0.2, -0.15) is 0 Å². The van der Waals surface area contributed by atoms with E-state index in [-0.39, 0.29) is 23.5 Å². The molecule has 1 aliphatic rings. The summed E-state index contributed by atoms with van der Waals surface area (Å²) in [6, 6.07) is 11.8. The lowest BCUT2D eigenvalue weighted by atomic mass is 9.99. The van der Waals surface area contributed by atoms with Gasteiger partial charge in [0.25, 0.3) is 0 Å². The molecule has 7 heteroatoms. The number of benzene rings is 2. The maximum absolute atomic E-state index is 13.0. The van der Waals surface area contributed by atoms with Gasteiger partial charge in [0.1, 0.15) is 22.6 Å². The molecular formula is C20H22F2N2O2S. The number of nitrogens with zero attached hydrogens (tertiary/aromatic N) is 1. The topological polar surface area (TPSA) is 49.4 Å². The number of carbonyl (C=O) groups is 1. The van der Waals surface area contributed by atoms with Gasteiger partial charge in [0.15, 0.2) is 0 Å². The van der Waals surface area contributed by atoms with Crippen molar-refractivity contribution < 1.29 is 17.8 Å². The van der Waals surface area contributed by atoms with Gasteiger partial charge in [-0.3, -0.25) is 4.79 Å². The molecule has 0 bridgehead atoms. The van der Waals surface area contributed by atoms with Crippen LogP contribution in [-0.2, 0) is 22.2 Å². The normalized spacial score (nSPS) is 18.8. The van der Waals surface area contributed by atoms with Crippen LogP contribution in [0.15, 0.2) is 53.4 Å². The molecule has 0 radical (unpaired) electrons. The highest BCUT2D eigenvalue weighted by Crippen LogP contribution is 2.21. The summed E-state index contributed by atoms with van der Waals surface area (Å²) in [5.74, 6) is -0.929. The Morgan fingerprint density at radius 2 is 1.70 bits per heavy atom. The van der Waals surface area contributed by atoms with Crippen molar-refractivity contribution in [3.05, 3.63) is 65.7 Å². The third-order valence-corrected chi connectivity index (χ3v) is 6.11. The fraction of sp³-hybridized carbons (Fsp3) is 0.350. The van der Waals surface area contributed by atoms with Crippen molar-refractivity contribution in [2.75, 3.05) is 19.6 Å². The fourth-order valence-electron chi connectivity index (χ4n) is 3.13. The molecule has 2 aromatic rings. The van der Waals surface area contributed by atoms with Gasteiger partial charge in [0, 0.05) is 19.6 Å². The Balaban J connectivity index is 1.50. The molecule has 2 unspecified atom stereocenters. The lowest BCUT2D eigenvalue weighted by Gasteiger charge is -2.30. The van der Waals surface area contributed by atoms with E-state index in [0.29, 0.717) is 31.0 Å². The molecule has 27 heavy (non-hydrogen) atoms. The van der Waals surface area contributed by atoms with Gasteiger partial charge in [0.2, 0.25) is 5.91 Å². The highest BCUT2D eigenvalue weighted by Gasteiger charge is 2.28. The van der Waals surface area contributed by atoms with Crippen LogP contribution in [0.25, 0.3) is 0 Å². The molecule has 4 nitrogen and oxygen atoms in total. The van der Waals surface area contributed by atoms with Crippen molar-refractivity contribution in [1.82, 2.24) is 9.62 Å². The zero-order valence-corrected chi connectivity index (χ0v) is 15.7. The van der Waals surface area contributed by atoms with Gasteiger partial charge >= 0.3 is 0 Å². The molecule has 1 N–H and O–H groups in total. The van der Waals surface area contributed by atoms with Gasteiger partial charge in [-0.05, 0) is 61.2 Å². The molecule has 1 amide bonds. The highest BCUT2D eigenvalue weighted by atomic mass is 32.2. The van der Waals surface area contributed by atoms with Crippen LogP contribution in [0.1, 0.15) is 18.4 Å². The quantitative estimate of drug-likeness (QED) is 0.822. The van der Waals surface area contributed by atoms with Gasteiger partial charge < -0.3 is 5.32 Å². The van der Waals surface area contributed by atoms with Crippen LogP contribution in [0.3, 0.4) is 0 Å². The molecule has 2 aromatic carbocycles. The minimum Gasteiger partial charge on any atom is -0.355 e. The molecule has 3 rings (SSSR count). The Morgan fingerprint density at radius 1 is 1.07 bits per heavy atom. The van der Waals surface area contributed by atoms with Crippen molar-refractivity contribution in [2.24, 2.45) is 5.92 Å². The Kier molecular flexibility index (Phi) is 6.68. The molecule has 0 aromatic heterocycles. The predicted octanol–water partition coefficient (Wildman–Crippen LogP) is 3.06. The first-order valence-corrected chi connectivity index (χ1v) is 10.1. The number of amides is 1.